The number of nitrogens with zero attached hydrogens (tertiary/aromatic N) is 4. The molecule has 0 radical (unpaired) electrons. The summed E-state index contributed by atoms with van der Waals surface area (Å²) in [6.45, 7) is 8.01. The first kappa shape index (κ1) is 13.2. The SMILES string of the molecule is CC1(C)[C@@H]2CC[C@@]1(C)N(CCCCN=[N+]=[N-])C2=O. The number of carbonyl (C=O) groups is 1. The van der Waals surface area contributed by atoms with E-state index in [-0.39, 0.29) is 16.9 Å². The number of hydrogen-bond acceptors (Lipinski definition) is 2. The minimum atomic E-state index is 0.0211. The van der Waals surface area contributed by atoms with Crippen molar-refractivity contribution in [1.82, 2.24) is 4.90 Å². The third-order valence-electron chi connectivity index (χ3n) is 5.29. The molecule has 2 aliphatic rings. The van der Waals surface area contributed by atoms with E-state index in [2.05, 4.69) is 35.7 Å². The van der Waals surface area contributed by atoms with Crippen LogP contribution in [0.4, 0.5) is 0 Å². The number of fused-ring (bicyclic) bond motifs is 2. The Kier molecular flexibility index (Phi) is 3.28. The minimum Gasteiger partial charge on any atom is -0.336 e. The summed E-state index contributed by atoms with van der Waals surface area (Å²) in [5.41, 5.74) is 8.32. The molecule has 0 N–H and O–H groups in total. The highest BCUT2D eigenvalue weighted by Crippen LogP contribution is 2.59. The maximum absolute atomic E-state index is 12.4. The molecule has 1 heterocycles. The predicted molar refractivity (Wildman–Crippen MR) is 69.9 cm³/mol. The molecule has 1 saturated heterocycles. The van der Waals surface area contributed by atoms with E-state index in [0.29, 0.717) is 12.5 Å². The summed E-state index contributed by atoms with van der Waals surface area (Å²) in [6, 6.07) is 0. The van der Waals surface area contributed by atoms with Crippen LogP contribution in [-0.4, -0.2) is 29.4 Å². The van der Waals surface area contributed by atoms with Gasteiger partial charge in [-0.3, -0.25) is 4.79 Å². The molecule has 1 amide bonds. The fourth-order valence-corrected chi connectivity index (χ4v) is 3.68. The molecule has 2 rings (SSSR count). The highest BCUT2D eigenvalue weighted by atomic mass is 16.2. The second-order valence-corrected chi connectivity index (χ2v) is 6.24. The molecule has 0 unspecified atom stereocenters. The summed E-state index contributed by atoms with van der Waals surface area (Å²) < 4.78 is 0. The molecule has 1 aliphatic carbocycles. The Balaban J connectivity index is 1.98. The van der Waals surface area contributed by atoms with Crippen LogP contribution in [0.1, 0.15) is 46.5 Å². The monoisotopic (exact) mass is 250 g/mol. The maximum Gasteiger partial charge on any atom is 0.226 e. The average Bonchev–Trinajstić information content (AvgIpc) is 2.61. The lowest BCUT2D eigenvalue weighted by atomic mass is 9.75. The van der Waals surface area contributed by atoms with Crippen molar-refractivity contribution in [2.75, 3.05) is 13.1 Å². The van der Waals surface area contributed by atoms with Crippen LogP contribution in [0.3, 0.4) is 0 Å². The first-order valence-electron chi connectivity index (χ1n) is 6.77. The molecule has 1 aliphatic heterocycles. The van der Waals surface area contributed by atoms with Gasteiger partial charge in [0.2, 0.25) is 5.91 Å². The zero-order valence-corrected chi connectivity index (χ0v) is 11.5. The van der Waals surface area contributed by atoms with E-state index in [9.17, 15) is 4.79 Å². The summed E-state index contributed by atoms with van der Waals surface area (Å²) in [7, 11) is 0. The van der Waals surface area contributed by atoms with E-state index in [1.54, 1.807) is 0 Å². The van der Waals surface area contributed by atoms with Gasteiger partial charge >= 0.3 is 0 Å². The number of hydrogen-bond donors (Lipinski definition) is 0. The van der Waals surface area contributed by atoms with Crippen molar-refractivity contribution in [3.05, 3.63) is 10.4 Å². The molecular weight excluding hydrogens is 228 g/mol. The Labute approximate surface area is 108 Å². The topological polar surface area (TPSA) is 69.1 Å². The van der Waals surface area contributed by atoms with Crippen molar-refractivity contribution < 1.29 is 4.79 Å². The third-order valence-corrected chi connectivity index (χ3v) is 5.29. The Morgan fingerprint density at radius 3 is 2.72 bits per heavy atom. The molecule has 100 valence electrons. The van der Waals surface area contributed by atoms with Gasteiger partial charge in [-0.25, -0.2) is 0 Å². The minimum absolute atomic E-state index is 0.0211. The van der Waals surface area contributed by atoms with E-state index in [4.69, 9.17) is 5.53 Å². The number of amides is 1. The Morgan fingerprint density at radius 1 is 1.44 bits per heavy atom. The number of rotatable bonds is 5. The van der Waals surface area contributed by atoms with Crippen LogP contribution in [0.2, 0.25) is 0 Å². The van der Waals surface area contributed by atoms with Gasteiger partial charge in [-0.05, 0) is 43.6 Å². The van der Waals surface area contributed by atoms with Gasteiger partial charge < -0.3 is 4.90 Å². The highest BCUT2D eigenvalue weighted by Gasteiger charge is 2.64. The van der Waals surface area contributed by atoms with Gasteiger partial charge in [-0.1, -0.05) is 19.0 Å². The number of azide groups is 1. The number of likely N-dealkylation sites (tertiary alicyclic amines) is 1. The van der Waals surface area contributed by atoms with Crippen LogP contribution in [0.25, 0.3) is 10.4 Å². The van der Waals surface area contributed by atoms with E-state index in [0.717, 1.165) is 32.2 Å². The summed E-state index contributed by atoms with van der Waals surface area (Å²) >= 11 is 0. The van der Waals surface area contributed by atoms with Crippen molar-refractivity contribution in [1.29, 1.82) is 0 Å². The van der Waals surface area contributed by atoms with Crippen LogP contribution in [-0.2, 0) is 4.79 Å². The number of carbonyl (C=O) groups excluding carboxylic acids is 1. The smallest absolute Gasteiger partial charge is 0.226 e. The molecule has 2 bridgehead atoms. The van der Waals surface area contributed by atoms with Crippen molar-refractivity contribution in [2.24, 2.45) is 16.4 Å². The summed E-state index contributed by atoms with van der Waals surface area (Å²) in [4.78, 5) is 17.2. The Hall–Kier alpha value is -1.22. The van der Waals surface area contributed by atoms with Gasteiger partial charge in [0.25, 0.3) is 0 Å². The van der Waals surface area contributed by atoms with Crippen LogP contribution < -0.4 is 0 Å². The lowest BCUT2D eigenvalue weighted by Crippen LogP contribution is -2.49. The zero-order valence-electron chi connectivity index (χ0n) is 11.5. The summed E-state index contributed by atoms with van der Waals surface area (Å²) in [5.74, 6) is 0.539. The standard InChI is InChI=1S/C13H22N4O/c1-12(2)10-6-7-13(12,3)17(11(10)18)9-5-4-8-15-16-14/h10H,4-9H2,1-3H3/t10-,13-/m1/s1. The predicted octanol–water partition coefficient (Wildman–Crippen LogP) is 3.11. The average molecular weight is 250 g/mol. The Morgan fingerprint density at radius 2 is 2.17 bits per heavy atom. The summed E-state index contributed by atoms with van der Waals surface area (Å²) in [6.07, 6.45) is 3.93. The van der Waals surface area contributed by atoms with Gasteiger partial charge in [0.05, 0.1) is 0 Å². The van der Waals surface area contributed by atoms with E-state index in [1.165, 1.54) is 0 Å². The molecule has 1 saturated carbocycles. The lowest BCUT2D eigenvalue weighted by molar-refractivity contribution is -0.136. The first-order valence-corrected chi connectivity index (χ1v) is 6.77. The lowest BCUT2D eigenvalue weighted by Gasteiger charge is -2.41. The van der Waals surface area contributed by atoms with Gasteiger partial charge in [0.1, 0.15) is 0 Å². The second kappa shape index (κ2) is 4.47. The van der Waals surface area contributed by atoms with Crippen LogP contribution in [0.15, 0.2) is 5.11 Å². The molecule has 2 fully saturated rings. The normalized spacial score (nSPS) is 32.7. The molecule has 0 spiro atoms. The molecule has 0 aromatic heterocycles. The van der Waals surface area contributed by atoms with Crippen molar-refractivity contribution in [3.63, 3.8) is 0 Å². The molecule has 5 nitrogen and oxygen atoms in total. The van der Waals surface area contributed by atoms with Crippen LogP contribution >= 0.6 is 0 Å². The van der Waals surface area contributed by atoms with E-state index in [1.807, 2.05) is 0 Å². The van der Waals surface area contributed by atoms with E-state index >= 15 is 0 Å². The fraction of sp³-hybridized carbons (Fsp3) is 0.923. The molecule has 5 heteroatoms. The van der Waals surface area contributed by atoms with Gasteiger partial charge in [-0.15, -0.1) is 0 Å². The van der Waals surface area contributed by atoms with Crippen molar-refractivity contribution in [3.8, 4) is 0 Å². The molecular formula is C13H22N4O. The third kappa shape index (κ3) is 1.69. The fourth-order valence-electron chi connectivity index (χ4n) is 3.68. The highest BCUT2D eigenvalue weighted by molar-refractivity contribution is 5.85. The molecule has 0 aromatic carbocycles. The quantitative estimate of drug-likeness (QED) is 0.320. The number of unbranched alkanes of at least 4 members (excludes halogenated alkanes) is 1. The second-order valence-electron chi connectivity index (χ2n) is 6.24. The van der Waals surface area contributed by atoms with Crippen LogP contribution in [0.5, 0.6) is 0 Å². The zero-order chi connectivity index (χ0) is 13.4. The largest absolute Gasteiger partial charge is 0.336 e. The van der Waals surface area contributed by atoms with Crippen molar-refractivity contribution in [2.45, 2.75) is 52.0 Å². The van der Waals surface area contributed by atoms with Gasteiger partial charge in [0, 0.05) is 29.5 Å². The molecule has 0 aromatic rings. The maximum atomic E-state index is 12.4. The van der Waals surface area contributed by atoms with Crippen LogP contribution in [0, 0.1) is 11.3 Å². The Bertz CT molecular complexity index is 400. The number of piperidine rings is 1. The molecule has 2 atom stereocenters. The van der Waals surface area contributed by atoms with Gasteiger partial charge in [0.15, 0.2) is 0 Å². The molecule has 18 heavy (non-hydrogen) atoms. The van der Waals surface area contributed by atoms with E-state index < -0.39 is 0 Å². The van der Waals surface area contributed by atoms with Gasteiger partial charge in [-0.2, -0.15) is 0 Å². The van der Waals surface area contributed by atoms with Crippen molar-refractivity contribution >= 4 is 5.91 Å². The summed E-state index contributed by atoms with van der Waals surface area (Å²) in [5, 5.41) is 3.53. The first-order chi connectivity index (χ1) is 8.45.